The quantitative estimate of drug-likeness (QED) is 0.406. The molecule has 0 saturated carbocycles. The van der Waals surface area contributed by atoms with Crippen molar-refractivity contribution < 1.29 is 9.47 Å². The van der Waals surface area contributed by atoms with Crippen molar-refractivity contribution in [3.05, 3.63) is 11.9 Å². The molecule has 0 radical (unpaired) electrons. The van der Waals surface area contributed by atoms with Gasteiger partial charge < -0.3 is 9.47 Å². The summed E-state index contributed by atoms with van der Waals surface area (Å²) in [4.78, 5) is 0. The van der Waals surface area contributed by atoms with E-state index in [2.05, 4.69) is 17.2 Å². The molecule has 0 saturated heterocycles. The van der Waals surface area contributed by atoms with E-state index >= 15 is 0 Å². The lowest BCUT2D eigenvalue weighted by atomic mass is 10.1. The number of ether oxygens (including phenoxy) is 2. The molecule has 0 aliphatic heterocycles. The van der Waals surface area contributed by atoms with Gasteiger partial charge in [0.1, 0.15) is 5.69 Å². The van der Waals surface area contributed by atoms with E-state index in [1.807, 2.05) is 24.7 Å². The van der Waals surface area contributed by atoms with E-state index in [-0.39, 0.29) is 6.29 Å². The van der Waals surface area contributed by atoms with Crippen LogP contribution in [0, 0.1) is 0 Å². The third-order valence-corrected chi connectivity index (χ3v) is 3.42. The minimum atomic E-state index is -0.386. The molecule has 122 valence electrons. The minimum Gasteiger partial charge on any atom is -0.347 e. The van der Waals surface area contributed by atoms with Crippen molar-refractivity contribution in [2.45, 2.75) is 78.6 Å². The van der Waals surface area contributed by atoms with Gasteiger partial charge in [-0.05, 0) is 20.3 Å². The number of hydrogen-bond donors (Lipinski definition) is 0. The second kappa shape index (κ2) is 11.7. The van der Waals surface area contributed by atoms with Crippen LogP contribution in [0.4, 0.5) is 0 Å². The topological polar surface area (TPSA) is 49.2 Å². The van der Waals surface area contributed by atoms with Crippen LogP contribution in [0.5, 0.6) is 0 Å². The zero-order valence-corrected chi connectivity index (χ0v) is 13.9. The van der Waals surface area contributed by atoms with Crippen LogP contribution in [0.1, 0.15) is 77.7 Å². The smallest absolute Gasteiger partial charge is 0.204 e. The molecule has 1 rings (SSSR count). The summed E-state index contributed by atoms with van der Waals surface area (Å²) >= 11 is 0. The lowest BCUT2D eigenvalue weighted by Gasteiger charge is -2.13. The summed E-state index contributed by atoms with van der Waals surface area (Å²) in [6.07, 6.45) is 10.7. The Bertz CT molecular complexity index is 349. The van der Waals surface area contributed by atoms with E-state index < -0.39 is 0 Å². The fourth-order valence-electron chi connectivity index (χ4n) is 2.28. The standard InChI is InChI=1S/C16H31N3O2/c1-4-7-8-9-10-11-12-13-19-14-15(17-18-19)16(20-5-2)21-6-3/h14,16H,4-13H2,1-3H3. The summed E-state index contributed by atoms with van der Waals surface area (Å²) in [5, 5.41) is 8.31. The predicted octanol–water partition coefficient (Wildman–Crippen LogP) is 4.10. The molecule has 1 aromatic heterocycles. The van der Waals surface area contributed by atoms with Crippen LogP contribution in [0.15, 0.2) is 6.20 Å². The van der Waals surface area contributed by atoms with Crippen molar-refractivity contribution in [3.63, 3.8) is 0 Å². The number of rotatable bonds is 13. The Balaban J connectivity index is 2.24. The summed E-state index contributed by atoms with van der Waals surface area (Å²) in [5.41, 5.74) is 0.765. The van der Waals surface area contributed by atoms with Crippen molar-refractivity contribution in [1.29, 1.82) is 0 Å². The van der Waals surface area contributed by atoms with Crippen LogP contribution in [0.2, 0.25) is 0 Å². The van der Waals surface area contributed by atoms with E-state index in [1.165, 1.54) is 38.5 Å². The SMILES string of the molecule is CCCCCCCCCn1cc(C(OCC)OCC)nn1. The van der Waals surface area contributed by atoms with Crippen LogP contribution in [-0.2, 0) is 16.0 Å². The van der Waals surface area contributed by atoms with Gasteiger partial charge in [0.05, 0.1) is 6.20 Å². The fourth-order valence-corrected chi connectivity index (χ4v) is 2.28. The van der Waals surface area contributed by atoms with Gasteiger partial charge in [0, 0.05) is 19.8 Å². The first kappa shape index (κ1) is 18.1. The fraction of sp³-hybridized carbons (Fsp3) is 0.875. The normalized spacial score (nSPS) is 11.4. The zero-order valence-electron chi connectivity index (χ0n) is 13.9. The molecule has 0 unspecified atom stereocenters. The summed E-state index contributed by atoms with van der Waals surface area (Å²) in [6.45, 7) is 8.29. The van der Waals surface area contributed by atoms with Crippen LogP contribution < -0.4 is 0 Å². The Kier molecular flexibility index (Phi) is 10.1. The largest absolute Gasteiger partial charge is 0.347 e. The van der Waals surface area contributed by atoms with Crippen LogP contribution in [0.3, 0.4) is 0 Å². The number of hydrogen-bond acceptors (Lipinski definition) is 4. The van der Waals surface area contributed by atoms with Gasteiger partial charge in [-0.15, -0.1) is 5.10 Å². The first-order valence-electron chi connectivity index (χ1n) is 8.45. The van der Waals surface area contributed by atoms with Gasteiger partial charge in [-0.1, -0.05) is 50.7 Å². The van der Waals surface area contributed by atoms with E-state index in [9.17, 15) is 0 Å². The van der Waals surface area contributed by atoms with Crippen molar-refractivity contribution >= 4 is 0 Å². The first-order chi connectivity index (χ1) is 10.3. The van der Waals surface area contributed by atoms with E-state index in [4.69, 9.17) is 9.47 Å². The molecule has 0 amide bonds. The first-order valence-corrected chi connectivity index (χ1v) is 8.45. The molecule has 0 aliphatic carbocycles. The molecule has 0 aromatic carbocycles. The van der Waals surface area contributed by atoms with Gasteiger partial charge in [0.15, 0.2) is 0 Å². The molecule has 0 N–H and O–H groups in total. The van der Waals surface area contributed by atoms with Crippen molar-refractivity contribution in [3.8, 4) is 0 Å². The molecule has 0 spiro atoms. The van der Waals surface area contributed by atoms with Crippen molar-refractivity contribution in [2.75, 3.05) is 13.2 Å². The molecule has 1 heterocycles. The molecular formula is C16H31N3O2. The van der Waals surface area contributed by atoms with Gasteiger partial charge in [0.25, 0.3) is 0 Å². The summed E-state index contributed by atoms with van der Waals surface area (Å²) in [7, 11) is 0. The van der Waals surface area contributed by atoms with Crippen molar-refractivity contribution in [2.24, 2.45) is 0 Å². The number of aromatic nitrogens is 3. The average molecular weight is 297 g/mol. The molecule has 0 fully saturated rings. The second-order valence-corrected chi connectivity index (χ2v) is 5.27. The summed E-state index contributed by atoms with van der Waals surface area (Å²) in [5.74, 6) is 0. The highest BCUT2D eigenvalue weighted by Gasteiger charge is 2.15. The molecular weight excluding hydrogens is 266 g/mol. The average Bonchev–Trinajstić information content (AvgIpc) is 2.95. The van der Waals surface area contributed by atoms with Gasteiger partial charge in [-0.3, -0.25) is 4.68 Å². The lowest BCUT2D eigenvalue weighted by Crippen LogP contribution is -2.09. The molecule has 5 nitrogen and oxygen atoms in total. The second-order valence-electron chi connectivity index (χ2n) is 5.27. The Morgan fingerprint density at radius 1 is 0.952 bits per heavy atom. The third kappa shape index (κ3) is 7.58. The summed E-state index contributed by atoms with van der Waals surface area (Å²) < 4.78 is 12.9. The molecule has 0 atom stereocenters. The van der Waals surface area contributed by atoms with E-state index in [0.717, 1.165) is 18.7 Å². The van der Waals surface area contributed by atoms with Crippen LogP contribution in [-0.4, -0.2) is 28.2 Å². The van der Waals surface area contributed by atoms with E-state index in [1.54, 1.807) is 0 Å². The Morgan fingerprint density at radius 2 is 1.57 bits per heavy atom. The van der Waals surface area contributed by atoms with Crippen LogP contribution >= 0.6 is 0 Å². The number of unbranched alkanes of at least 4 members (excludes halogenated alkanes) is 6. The number of nitrogens with zero attached hydrogens (tertiary/aromatic N) is 3. The zero-order chi connectivity index (χ0) is 15.3. The Morgan fingerprint density at radius 3 is 2.19 bits per heavy atom. The number of aryl methyl sites for hydroxylation is 1. The molecule has 1 aromatic rings. The molecule has 5 heteroatoms. The van der Waals surface area contributed by atoms with Gasteiger partial charge in [0.2, 0.25) is 6.29 Å². The highest BCUT2D eigenvalue weighted by atomic mass is 16.7. The lowest BCUT2D eigenvalue weighted by molar-refractivity contribution is -0.142. The highest BCUT2D eigenvalue weighted by molar-refractivity contribution is 4.94. The van der Waals surface area contributed by atoms with Crippen molar-refractivity contribution in [1.82, 2.24) is 15.0 Å². The molecule has 21 heavy (non-hydrogen) atoms. The molecule has 0 aliphatic rings. The Hall–Kier alpha value is -0.940. The maximum absolute atomic E-state index is 5.52. The monoisotopic (exact) mass is 297 g/mol. The summed E-state index contributed by atoms with van der Waals surface area (Å²) in [6, 6.07) is 0. The minimum absolute atomic E-state index is 0.386. The maximum atomic E-state index is 5.52. The predicted molar refractivity (Wildman–Crippen MR) is 84.0 cm³/mol. The van der Waals surface area contributed by atoms with Gasteiger partial charge in [-0.25, -0.2) is 0 Å². The van der Waals surface area contributed by atoms with Gasteiger partial charge >= 0.3 is 0 Å². The van der Waals surface area contributed by atoms with Crippen LogP contribution in [0.25, 0.3) is 0 Å². The third-order valence-electron chi connectivity index (χ3n) is 3.42. The Labute approximate surface area is 129 Å². The highest BCUT2D eigenvalue weighted by Crippen LogP contribution is 2.16. The van der Waals surface area contributed by atoms with E-state index in [0.29, 0.717) is 13.2 Å². The molecule has 0 bridgehead atoms. The van der Waals surface area contributed by atoms with Gasteiger partial charge in [-0.2, -0.15) is 0 Å². The maximum Gasteiger partial charge on any atom is 0.204 e.